The van der Waals surface area contributed by atoms with Crippen LogP contribution < -0.4 is 0 Å². The fraction of sp³-hybridized carbons (Fsp3) is 0.125. The van der Waals surface area contributed by atoms with Gasteiger partial charge in [0.15, 0.2) is 0 Å². The van der Waals surface area contributed by atoms with Crippen molar-refractivity contribution in [1.29, 1.82) is 0 Å². The van der Waals surface area contributed by atoms with Gasteiger partial charge in [-0.05, 0) is 0 Å². The van der Waals surface area contributed by atoms with Gasteiger partial charge in [-0.25, -0.2) is 12.2 Å². The van der Waals surface area contributed by atoms with Gasteiger partial charge in [-0.3, -0.25) is 6.08 Å². The Bertz CT molecular complexity index is 62.6. The van der Waals surface area contributed by atoms with Crippen molar-refractivity contribution < 1.29 is 35.6 Å². The molecule has 1 aliphatic carbocycles. The van der Waals surface area contributed by atoms with Gasteiger partial charge >= 0.3 is 0 Å². The molecular formula is C8H14La-4. The maximum Gasteiger partial charge on any atom is 0 e. The van der Waals surface area contributed by atoms with Crippen LogP contribution in [0, 0.1) is 64.0 Å². The van der Waals surface area contributed by atoms with Crippen molar-refractivity contribution in [3.8, 4) is 0 Å². The molecule has 0 fully saturated rings. The Kier molecular flexibility index (Phi) is 39.9. The Morgan fingerprint density at radius 3 is 1.78 bits per heavy atom. The molecule has 1 radical (unpaired) electrons. The minimum Gasteiger partial charge on any atom is -0.358 e. The van der Waals surface area contributed by atoms with Gasteiger partial charge in [0, 0.05) is 35.6 Å². The van der Waals surface area contributed by atoms with Gasteiger partial charge in [0.2, 0.25) is 0 Å². The van der Waals surface area contributed by atoms with Crippen LogP contribution in [0.25, 0.3) is 0 Å². The van der Waals surface area contributed by atoms with Crippen LogP contribution in [0.15, 0.2) is 18.2 Å². The molecule has 0 nitrogen and oxygen atoms in total. The first kappa shape index (κ1) is 22.6. The SMILES string of the molecule is [C-]1=CC=CC1.[CH3-].[CH3-].[CH3-].[La]. The van der Waals surface area contributed by atoms with Crippen LogP contribution in [0.2, 0.25) is 0 Å². The minimum atomic E-state index is 0. The summed E-state index contributed by atoms with van der Waals surface area (Å²) in [6.45, 7) is 0. The molecule has 53 valence electrons. The van der Waals surface area contributed by atoms with Crippen LogP contribution in [-0.4, -0.2) is 0 Å². The van der Waals surface area contributed by atoms with E-state index in [0.717, 1.165) is 6.42 Å². The smallest absolute Gasteiger partial charge is 0 e. The number of hydrogen-bond acceptors (Lipinski definition) is 0. The standard InChI is InChI=1S/C5H5.3CH3.La/c1-2-4-5-3-1;;;;/h1-3H,4H2;3*1H3;/q4*-1;. The van der Waals surface area contributed by atoms with Crippen LogP contribution in [0.5, 0.6) is 0 Å². The maximum atomic E-state index is 2.99. The molecular weight excluding hydrogens is 235 g/mol. The number of rotatable bonds is 0. The molecule has 1 heteroatoms. The van der Waals surface area contributed by atoms with Gasteiger partial charge in [-0.1, -0.05) is 0 Å². The quantitative estimate of drug-likeness (QED) is 0.579. The molecule has 0 spiro atoms. The third-order valence-electron chi connectivity index (χ3n) is 0.586. The largest absolute Gasteiger partial charge is 0.358 e. The molecule has 0 aromatic carbocycles. The van der Waals surface area contributed by atoms with Gasteiger partial charge in [-0.15, -0.1) is 6.42 Å². The Balaban J connectivity index is -0.0000000312. The predicted molar refractivity (Wildman–Crippen MR) is 40.8 cm³/mol. The molecule has 0 saturated heterocycles. The first-order valence-electron chi connectivity index (χ1n) is 1.72. The van der Waals surface area contributed by atoms with E-state index < -0.39 is 0 Å². The van der Waals surface area contributed by atoms with E-state index in [4.69, 9.17) is 0 Å². The molecule has 1 aliphatic rings. The number of hydrogen-bond donors (Lipinski definition) is 0. The topological polar surface area (TPSA) is 0 Å². The minimum absolute atomic E-state index is 0. The monoisotopic (exact) mass is 249 g/mol. The second kappa shape index (κ2) is 15.9. The van der Waals surface area contributed by atoms with E-state index in [1.165, 1.54) is 0 Å². The van der Waals surface area contributed by atoms with Crippen LogP contribution in [0.3, 0.4) is 0 Å². The Morgan fingerprint density at radius 1 is 1.11 bits per heavy atom. The molecule has 0 aliphatic heterocycles. The van der Waals surface area contributed by atoms with Crippen molar-refractivity contribution in [2.75, 3.05) is 0 Å². The summed E-state index contributed by atoms with van der Waals surface area (Å²) in [5, 5.41) is 0. The third kappa shape index (κ3) is 12.0. The summed E-state index contributed by atoms with van der Waals surface area (Å²) in [6, 6.07) is 0. The molecule has 1 rings (SSSR count). The van der Waals surface area contributed by atoms with E-state index in [0.29, 0.717) is 0 Å². The zero-order chi connectivity index (χ0) is 3.54. The summed E-state index contributed by atoms with van der Waals surface area (Å²) in [5.74, 6) is 0. The van der Waals surface area contributed by atoms with Gasteiger partial charge in [0.25, 0.3) is 0 Å². The van der Waals surface area contributed by atoms with Crippen LogP contribution in [0.1, 0.15) is 6.42 Å². The van der Waals surface area contributed by atoms with Gasteiger partial charge in [0.1, 0.15) is 0 Å². The van der Waals surface area contributed by atoms with Crippen molar-refractivity contribution in [1.82, 2.24) is 0 Å². The molecule has 0 aromatic heterocycles. The molecule has 0 atom stereocenters. The van der Waals surface area contributed by atoms with Crippen LogP contribution >= 0.6 is 0 Å². The first-order chi connectivity index (χ1) is 2.50. The van der Waals surface area contributed by atoms with E-state index in [9.17, 15) is 0 Å². The van der Waals surface area contributed by atoms with Gasteiger partial charge in [0.05, 0.1) is 0 Å². The van der Waals surface area contributed by atoms with Crippen molar-refractivity contribution in [2.24, 2.45) is 0 Å². The summed E-state index contributed by atoms with van der Waals surface area (Å²) in [5.41, 5.74) is 0. The number of allylic oxidation sites excluding steroid dienone is 4. The molecule has 0 saturated carbocycles. The molecule has 0 unspecified atom stereocenters. The third-order valence-corrected chi connectivity index (χ3v) is 0.586. The van der Waals surface area contributed by atoms with E-state index in [1.807, 2.05) is 12.2 Å². The average Bonchev–Trinajstić information content (AvgIpc) is 1.76. The Hall–Kier alpha value is 0.675. The van der Waals surface area contributed by atoms with Crippen molar-refractivity contribution in [3.05, 3.63) is 46.6 Å². The van der Waals surface area contributed by atoms with E-state index in [1.54, 1.807) is 0 Å². The molecule has 0 bridgehead atoms. The molecule has 0 N–H and O–H groups in total. The molecule has 0 aromatic rings. The molecule has 9 heavy (non-hydrogen) atoms. The van der Waals surface area contributed by atoms with E-state index in [2.05, 4.69) is 12.2 Å². The van der Waals surface area contributed by atoms with Crippen molar-refractivity contribution >= 4 is 0 Å². The second-order valence-electron chi connectivity index (χ2n) is 1.00. The van der Waals surface area contributed by atoms with E-state index >= 15 is 0 Å². The van der Waals surface area contributed by atoms with Crippen molar-refractivity contribution in [3.63, 3.8) is 0 Å². The summed E-state index contributed by atoms with van der Waals surface area (Å²) in [4.78, 5) is 0. The summed E-state index contributed by atoms with van der Waals surface area (Å²) in [6.07, 6.45) is 10.0. The normalized spacial score (nSPS) is 9.78. The Morgan fingerprint density at radius 2 is 1.67 bits per heavy atom. The first-order valence-corrected chi connectivity index (χ1v) is 1.72. The second-order valence-corrected chi connectivity index (χ2v) is 1.00. The van der Waals surface area contributed by atoms with Crippen molar-refractivity contribution in [2.45, 2.75) is 6.42 Å². The zero-order valence-corrected chi connectivity index (χ0v) is 10.1. The Labute approximate surface area is 88.0 Å². The van der Waals surface area contributed by atoms with Gasteiger partial charge in [-0.2, -0.15) is 6.08 Å². The predicted octanol–water partition coefficient (Wildman–Crippen LogP) is 2.66. The summed E-state index contributed by atoms with van der Waals surface area (Å²) >= 11 is 0. The molecule has 0 heterocycles. The zero-order valence-electron chi connectivity index (χ0n) is 6.52. The van der Waals surface area contributed by atoms with Crippen LogP contribution in [0.4, 0.5) is 0 Å². The fourth-order valence-electron chi connectivity index (χ4n) is 0.340. The molecule has 0 amide bonds. The summed E-state index contributed by atoms with van der Waals surface area (Å²) < 4.78 is 0. The van der Waals surface area contributed by atoms with E-state index in [-0.39, 0.29) is 57.9 Å². The maximum absolute atomic E-state index is 2.99. The fourth-order valence-corrected chi connectivity index (χ4v) is 0.340. The van der Waals surface area contributed by atoms with Crippen LogP contribution in [-0.2, 0) is 0 Å². The summed E-state index contributed by atoms with van der Waals surface area (Å²) in [7, 11) is 0. The van der Waals surface area contributed by atoms with Gasteiger partial charge < -0.3 is 22.3 Å². The average molecular weight is 249 g/mol.